The molecule has 0 atom stereocenters. The number of aryl methyl sites for hydroxylation is 1. The summed E-state index contributed by atoms with van der Waals surface area (Å²) in [5, 5.41) is 4.36. The Hall–Kier alpha value is -2.79. The Morgan fingerprint density at radius 1 is 1.00 bits per heavy atom. The van der Waals surface area contributed by atoms with E-state index in [-0.39, 0.29) is 11.1 Å². The van der Waals surface area contributed by atoms with Crippen LogP contribution in [0.3, 0.4) is 0 Å². The van der Waals surface area contributed by atoms with Gasteiger partial charge < -0.3 is 4.57 Å². The molecule has 0 saturated carbocycles. The molecular formula is C20H16N2O2S. The van der Waals surface area contributed by atoms with E-state index in [9.17, 15) is 9.59 Å². The third-order valence-corrected chi connectivity index (χ3v) is 5.20. The maximum atomic E-state index is 11.8. The zero-order valence-electron chi connectivity index (χ0n) is 13.9. The molecule has 2 heterocycles. The number of imide groups is 1. The monoisotopic (exact) mass is 348 g/mol. The number of amides is 2. The van der Waals surface area contributed by atoms with E-state index in [0.29, 0.717) is 4.91 Å². The van der Waals surface area contributed by atoms with E-state index in [2.05, 4.69) is 40.2 Å². The van der Waals surface area contributed by atoms with Crippen molar-refractivity contribution in [2.24, 2.45) is 0 Å². The highest BCUT2D eigenvalue weighted by molar-refractivity contribution is 8.18. The fraction of sp³-hybridized carbons (Fsp3) is 0.100. The number of benzene rings is 2. The topological polar surface area (TPSA) is 51.1 Å². The smallest absolute Gasteiger partial charge is 0.290 e. The molecule has 1 aliphatic heterocycles. The second kappa shape index (κ2) is 5.93. The molecule has 0 bridgehead atoms. The summed E-state index contributed by atoms with van der Waals surface area (Å²) in [6, 6.07) is 16.7. The van der Waals surface area contributed by atoms with Gasteiger partial charge in [0.15, 0.2) is 0 Å². The molecule has 2 amide bonds. The number of aromatic nitrogens is 1. The van der Waals surface area contributed by atoms with Gasteiger partial charge in [-0.3, -0.25) is 14.9 Å². The highest BCUT2D eigenvalue weighted by Gasteiger charge is 2.25. The van der Waals surface area contributed by atoms with E-state index in [1.807, 2.05) is 32.0 Å². The number of nitrogens with one attached hydrogen (secondary N) is 1. The Bertz CT molecular complexity index is 1060. The van der Waals surface area contributed by atoms with Gasteiger partial charge in [-0.1, -0.05) is 30.3 Å². The summed E-state index contributed by atoms with van der Waals surface area (Å²) in [5.74, 6) is -0.328. The summed E-state index contributed by atoms with van der Waals surface area (Å²) < 4.78 is 2.16. The molecule has 4 nitrogen and oxygen atoms in total. The Morgan fingerprint density at radius 3 is 2.48 bits per heavy atom. The summed E-state index contributed by atoms with van der Waals surface area (Å²) in [4.78, 5) is 23.6. The fourth-order valence-electron chi connectivity index (χ4n) is 3.21. The minimum absolute atomic E-state index is 0.320. The Balaban J connectivity index is 1.80. The molecule has 4 rings (SSSR count). The van der Waals surface area contributed by atoms with Crippen molar-refractivity contribution in [2.45, 2.75) is 13.8 Å². The quantitative estimate of drug-likeness (QED) is 0.690. The average Bonchev–Trinajstić information content (AvgIpc) is 3.05. The van der Waals surface area contributed by atoms with Crippen molar-refractivity contribution in [3.05, 3.63) is 70.4 Å². The predicted molar refractivity (Wildman–Crippen MR) is 102 cm³/mol. The minimum Gasteiger partial charge on any atom is -0.318 e. The number of thioether (sulfide) groups is 1. The van der Waals surface area contributed by atoms with Gasteiger partial charge in [0.05, 0.1) is 4.91 Å². The van der Waals surface area contributed by atoms with Crippen LogP contribution < -0.4 is 5.32 Å². The van der Waals surface area contributed by atoms with E-state index in [1.165, 1.54) is 10.8 Å². The van der Waals surface area contributed by atoms with Gasteiger partial charge in [0.25, 0.3) is 11.1 Å². The number of nitrogens with zero attached hydrogens (tertiary/aromatic N) is 1. The second-order valence-corrected chi connectivity index (χ2v) is 7.06. The van der Waals surface area contributed by atoms with Crippen molar-refractivity contribution in [1.29, 1.82) is 0 Å². The summed E-state index contributed by atoms with van der Waals surface area (Å²) in [6.45, 7) is 4.06. The van der Waals surface area contributed by atoms with Crippen molar-refractivity contribution < 1.29 is 9.59 Å². The van der Waals surface area contributed by atoms with Gasteiger partial charge in [-0.25, -0.2) is 0 Å². The van der Waals surface area contributed by atoms with Gasteiger partial charge in [-0.2, -0.15) is 0 Å². The summed E-state index contributed by atoms with van der Waals surface area (Å²) >= 11 is 0.942. The fourth-order valence-corrected chi connectivity index (χ4v) is 3.88. The zero-order valence-corrected chi connectivity index (χ0v) is 14.7. The van der Waals surface area contributed by atoms with E-state index >= 15 is 0 Å². The summed E-state index contributed by atoms with van der Waals surface area (Å²) in [5.41, 5.74) is 4.14. The van der Waals surface area contributed by atoms with Crippen LogP contribution in [0.25, 0.3) is 22.5 Å². The van der Waals surface area contributed by atoms with E-state index in [1.54, 1.807) is 6.08 Å². The molecule has 0 spiro atoms. The van der Waals surface area contributed by atoms with Crippen LogP contribution in [0.2, 0.25) is 0 Å². The highest BCUT2D eigenvalue weighted by atomic mass is 32.2. The first-order valence-corrected chi connectivity index (χ1v) is 8.77. The third-order valence-electron chi connectivity index (χ3n) is 4.39. The molecular weight excluding hydrogens is 332 g/mol. The first-order valence-electron chi connectivity index (χ1n) is 7.96. The standard InChI is InChI=1S/C20H16N2O2S/c1-12-9-16(11-18-19(23)21-20(24)25-18)13(2)22(12)17-8-7-14-5-3-4-6-15(14)10-17/h3-11H,1-2H3,(H,21,23,24). The summed E-state index contributed by atoms with van der Waals surface area (Å²) in [7, 11) is 0. The molecule has 0 radical (unpaired) electrons. The molecule has 5 heteroatoms. The summed E-state index contributed by atoms with van der Waals surface area (Å²) in [6.07, 6.45) is 1.78. The number of carbonyl (C=O) groups excluding carboxylic acids is 2. The lowest BCUT2D eigenvalue weighted by Crippen LogP contribution is -2.17. The van der Waals surface area contributed by atoms with E-state index < -0.39 is 0 Å². The molecule has 25 heavy (non-hydrogen) atoms. The first kappa shape index (κ1) is 15.7. The normalized spacial score (nSPS) is 16.0. The second-order valence-electron chi connectivity index (χ2n) is 6.05. The van der Waals surface area contributed by atoms with Gasteiger partial charge in [-0.05, 0) is 66.2 Å². The average molecular weight is 348 g/mol. The zero-order chi connectivity index (χ0) is 17.6. The van der Waals surface area contributed by atoms with Crippen LogP contribution in [-0.2, 0) is 4.79 Å². The maximum absolute atomic E-state index is 11.8. The molecule has 1 saturated heterocycles. The van der Waals surface area contributed by atoms with E-state index in [4.69, 9.17) is 0 Å². The number of hydrogen-bond donors (Lipinski definition) is 1. The molecule has 0 unspecified atom stereocenters. The lowest BCUT2D eigenvalue weighted by atomic mass is 10.1. The maximum Gasteiger partial charge on any atom is 0.290 e. The lowest BCUT2D eigenvalue weighted by molar-refractivity contribution is -0.115. The van der Waals surface area contributed by atoms with Crippen molar-refractivity contribution >= 4 is 39.8 Å². The van der Waals surface area contributed by atoms with Crippen LogP contribution in [0.15, 0.2) is 53.4 Å². The van der Waals surface area contributed by atoms with Crippen LogP contribution in [0, 0.1) is 13.8 Å². The Morgan fingerprint density at radius 2 is 1.76 bits per heavy atom. The number of fused-ring (bicyclic) bond motifs is 1. The lowest BCUT2D eigenvalue weighted by Gasteiger charge is -2.11. The van der Waals surface area contributed by atoms with Crippen molar-refractivity contribution in [3.8, 4) is 5.69 Å². The number of carbonyl (C=O) groups is 2. The molecule has 2 aromatic carbocycles. The minimum atomic E-state index is -0.328. The van der Waals surface area contributed by atoms with Gasteiger partial charge in [0.1, 0.15) is 0 Å². The largest absolute Gasteiger partial charge is 0.318 e. The molecule has 1 fully saturated rings. The molecule has 0 aliphatic carbocycles. The first-order chi connectivity index (χ1) is 12.0. The SMILES string of the molecule is Cc1cc(C=C2SC(=O)NC2=O)c(C)n1-c1ccc2ccccc2c1. The molecule has 1 aromatic heterocycles. The van der Waals surface area contributed by atoms with Crippen LogP contribution >= 0.6 is 11.8 Å². The van der Waals surface area contributed by atoms with Crippen molar-refractivity contribution in [2.75, 3.05) is 0 Å². The molecule has 124 valence electrons. The number of hydrogen-bond acceptors (Lipinski definition) is 3. The van der Waals surface area contributed by atoms with Crippen molar-refractivity contribution in [1.82, 2.24) is 9.88 Å². The van der Waals surface area contributed by atoms with Gasteiger partial charge in [0, 0.05) is 17.1 Å². The third kappa shape index (κ3) is 2.76. The number of rotatable bonds is 2. The van der Waals surface area contributed by atoms with Crippen LogP contribution in [0.4, 0.5) is 4.79 Å². The van der Waals surface area contributed by atoms with Gasteiger partial charge in [0.2, 0.25) is 0 Å². The Kier molecular flexibility index (Phi) is 3.73. The van der Waals surface area contributed by atoms with Gasteiger partial charge in [-0.15, -0.1) is 0 Å². The Labute approximate surface area is 149 Å². The molecule has 1 aliphatic rings. The predicted octanol–water partition coefficient (Wildman–Crippen LogP) is 4.57. The van der Waals surface area contributed by atoms with E-state index in [0.717, 1.165) is 34.4 Å². The molecule has 3 aromatic rings. The van der Waals surface area contributed by atoms with Crippen molar-refractivity contribution in [3.63, 3.8) is 0 Å². The van der Waals surface area contributed by atoms with Crippen LogP contribution in [0.5, 0.6) is 0 Å². The van der Waals surface area contributed by atoms with Crippen LogP contribution in [0.1, 0.15) is 17.0 Å². The van der Waals surface area contributed by atoms with Crippen LogP contribution in [-0.4, -0.2) is 15.7 Å². The van der Waals surface area contributed by atoms with Gasteiger partial charge >= 0.3 is 0 Å². The molecule has 1 N–H and O–H groups in total. The highest BCUT2D eigenvalue weighted by Crippen LogP contribution is 2.29.